The van der Waals surface area contributed by atoms with Crippen molar-refractivity contribution in [2.45, 2.75) is 70.0 Å². The first-order valence-corrected chi connectivity index (χ1v) is 10.3. The molecule has 2 aliphatic carbocycles. The third-order valence-corrected chi connectivity index (χ3v) is 6.16. The van der Waals surface area contributed by atoms with E-state index in [9.17, 15) is 0 Å². The highest BCUT2D eigenvalue weighted by atomic mass is 16.5. The highest BCUT2D eigenvalue weighted by Gasteiger charge is 2.46. The summed E-state index contributed by atoms with van der Waals surface area (Å²) in [5.41, 5.74) is 3.25. The van der Waals surface area contributed by atoms with Crippen molar-refractivity contribution < 1.29 is 4.74 Å². The van der Waals surface area contributed by atoms with E-state index in [0.29, 0.717) is 0 Å². The zero-order valence-corrected chi connectivity index (χ0v) is 16.4. The molecule has 5 heteroatoms. The maximum Gasteiger partial charge on any atom is 0.180 e. The van der Waals surface area contributed by atoms with Gasteiger partial charge < -0.3 is 9.64 Å². The van der Waals surface area contributed by atoms with Gasteiger partial charge in [-0.1, -0.05) is 18.9 Å². The molecule has 3 heterocycles. The molecular weight excluding hydrogens is 336 g/mol. The highest BCUT2D eigenvalue weighted by molar-refractivity contribution is 5.59. The number of fused-ring (bicyclic) bond motifs is 1. The lowest BCUT2D eigenvalue weighted by Gasteiger charge is -2.49. The summed E-state index contributed by atoms with van der Waals surface area (Å²) in [6.07, 6.45) is 9.97. The molecule has 1 spiro atoms. The number of hydrogen-bond acceptors (Lipinski definition) is 5. The maximum absolute atomic E-state index is 6.61. The zero-order chi connectivity index (χ0) is 18.5. The molecule has 0 bridgehead atoms. The van der Waals surface area contributed by atoms with Crippen LogP contribution in [0.25, 0.3) is 11.5 Å². The summed E-state index contributed by atoms with van der Waals surface area (Å²) >= 11 is 0. The van der Waals surface area contributed by atoms with Crippen LogP contribution in [-0.2, 0) is 17.6 Å². The summed E-state index contributed by atoms with van der Waals surface area (Å²) in [5, 5.41) is 0. The van der Waals surface area contributed by atoms with E-state index >= 15 is 0 Å². The van der Waals surface area contributed by atoms with Gasteiger partial charge in [0.25, 0.3) is 0 Å². The molecule has 0 atom stereocenters. The molecule has 3 aliphatic rings. The Morgan fingerprint density at radius 3 is 2.63 bits per heavy atom. The van der Waals surface area contributed by atoms with Crippen molar-refractivity contribution in [2.24, 2.45) is 0 Å². The topological polar surface area (TPSA) is 51.1 Å². The first-order valence-electron chi connectivity index (χ1n) is 10.3. The van der Waals surface area contributed by atoms with Gasteiger partial charge in [0.05, 0.1) is 11.2 Å². The third kappa shape index (κ3) is 3.12. The molecule has 0 unspecified atom stereocenters. The van der Waals surface area contributed by atoms with Gasteiger partial charge in [-0.2, -0.15) is 0 Å². The van der Waals surface area contributed by atoms with Crippen LogP contribution in [0.2, 0.25) is 0 Å². The van der Waals surface area contributed by atoms with Gasteiger partial charge >= 0.3 is 0 Å². The molecular formula is C22H28N4O. The van der Waals surface area contributed by atoms with Crippen molar-refractivity contribution >= 4 is 5.82 Å². The van der Waals surface area contributed by atoms with Crippen LogP contribution in [-0.4, -0.2) is 39.2 Å². The van der Waals surface area contributed by atoms with E-state index in [-0.39, 0.29) is 11.2 Å². The number of morpholine rings is 1. The van der Waals surface area contributed by atoms with Crippen LogP contribution in [0.3, 0.4) is 0 Å². The van der Waals surface area contributed by atoms with Crippen LogP contribution in [0, 0.1) is 0 Å². The minimum absolute atomic E-state index is 0.0106. The van der Waals surface area contributed by atoms with Crippen molar-refractivity contribution in [1.29, 1.82) is 0 Å². The molecule has 0 amide bonds. The van der Waals surface area contributed by atoms with Gasteiger partial charge in [-0.25, -0.2) is 9.97 Å². The van der Waals surface area contributed by atoms with Gasteiger partial charge in [-0.15, -0.1) is 0 Å². The van der Waals surface area contributed by atoms with E-state index in [1.165, 1.54) is 30.5 Å². The second-order valence-corrected chi connectivity index (χ2v) is 8.97. The molecule has 142 valence electrons. The number of aryl methyl sites for hydroxylation is 1. The van der Waals surface area contributed by atoms with Crippen LogP contribution < -0.4 is 4.90 Å². The van der Waals surface area contributed by atoms with Crippen LogP contribution >= 0.6 is 0 Å². The number of nitrogens with zero attached hydrogens (tertiary/aromatic N) is 4. The molecule has 0 N–H and O–H groups in total. The Morgan fingerprint density at radius 2 is 1.85 bits per heavy atom. The third-order valence-electron chi connectivity index (χ3n) is 6.16. The van der Waals surface area contributed by atoms with E-state index < -0.39 is 0 Å². The van der Waals surface area contributed by atoms with Crippen molar-refractivity contribution in [2.75, 3.05) is 18.0 Å². The zero-order valence-electron chi connectivity index (χ0n) is 16.4. The van der Waals surface area contributed by atoms with Crippen LogP contribution in [0.1, 0.15) is 57.2 Å². The summed E-state index contributed by atoms with van der Waals surface area (Å²) in [4.78, 5) is 16.9. The normalized spacial score (nSPS) is 23.0. The molecule has 27 heavy (non-hydrogen) atoms. The smallest absolute Gasteiger partial charge is 0.180 e. The summed E-state index contributed by atoms with van der Waals surface area (Å²) < 4.78 is 6.61. The number of anilines is 1. The lowest BCUT2D eigenvalue weighted by atomic mass is 9.93. The number of aromatic nitrogens is 3. The number of rotatable bonds is 2. The maximum atomic E-state index is 6.61. The first kappa shape index (κ1) is 17.1. The Labute approximate surface area is 161 Å². The van der Waals surface area contributed by atoms with Gasteiger partial charge in [-0.3, -0.25) is 4.98 Å². The molecule has 2 aromatic rings. The fourth-order valence-electron chi connectivity index (χ4n) is 5.23. The van der Waals surface area contributed by atoms with Gasteiger partial charge in [0.15, 0.2) is 5.82 Å². The van der Waals surface area contributed by atoms with E-state index in [4.69, 9.17) is 14.7 Å². The van der Waals surface area contributed by atoms with Gasteiger partial charge in [0.2, 0.25) is 0 Å². The monoisotopic (exact) mass is 364 g/mol. The summed E-state index contributed by atoms with van der Waals surface area (Å²) in [5.74, 6) is 1.89. The lowest BCUT2D eigenvalue weighted by molar-refractivity contribution is -0.148. The van der Waals surface area contributed by atoms with E-state index in [2.05, 4.69) is 23.7 Å². The lowest BCUT2D eigenvalue weighted by Crippen LogP contribution is -2.59. The predicted molar refractivity (Wildman–Crippen MR) is 106 cm³/mol. The second kappa shape index (κ2) is 6.26. The fourth-order valence-corrected chi connectivity index (χ4v) is 5.23. The van der Waals surface area contributed by atoms with E-state index in [1.807, 2.05) is 24.4 Å². The van der Waals surface area contributed by atoms with Gasteiger partial charge in [0, 0.05) is 30.5 Å². The van der Waals surface area contributed by atoms with Crippen LogP contribution in [0.4, 0.5) is 5.82 Å². The minimum atomic E-state index is -0.163. The van der Waals surface area contributed by atoms with Crippen LogP contribution in [0.15, 0.2) is 24.4 Å². The summed E-state index contributed by atoms with van der Waals surface area (Å²) in [6, 6.07) is 5.94. The van der Waals surface area contributed by atoms with Crippen molar-refractivity contribution in [3.63, 3.8) is 0 Å². The molecule has 0 radical (unpaired) electrons. The van der Waals surface area contributed by atoms with Gasteiger partial charge in [0.1, 0.15) is 11.5 Å². The number of hydrogen-bond donors (Lipinski definition) is 0. The number of ether oxygens (including phenoxy) is 1. The molecule has 2 fully saturated rings. The Kier molecular flexibility index (Phi) is 3.97. The SMILES string of the molecule is CC1(C)CN(c2nc(-c3ccccn3)nc3c2CCC3)CC2(CCCC2)O1. The molecule has 1 aliphatic heterocycles. The molecule has 0 aromatic carbocycles. The molecule has 2 aromatic heterocycles. The second-order valence-electron chi connectivity index (χ2n) is 8.97. The quantitative estimate of drug-likeness (QED) is 0.807. The standard InChI is InChI=1S/C22H28N4O/c1-21(2)14-26(15-22(27-21)11-4-5-12-22)20-16-8-7-10-17(16)24-19(25-20)18-9-3-6-13-23-18/h3,6,9,13H,4-5,7-8,10-12,14-15H2,1-2H3. The molecule has 5 nitrogen and oxygen atoms in total. The Hall–Kier alpha value is -2.01. The van der Waals surface area contributed by atoms with E-state index in [0.717, 1.165) is 56.1 Å². The first-order chi connectivity index (χ1) is 13.0. The molecule has 5 rings (SSSR count). The minimum Gasteiger partial charge on any atom is -0.365 e. The largest absolute Gasteiger partial charge is 0.365 e. The van der Waals surface area contributed by atoms with Gasteiger partial charge in [-0.05, 0) is 58.1 Å². The van der Waals surface area contributed by atoms with Crippen molar-refractivity contribution in [1.82, 2.24) is 15.0 Å². The van der Waals surface area contributed by atoms with E-state index in [1.54, 1.807) is 0 Å². The average molecular weight is 364 g/mol. The Balaban J connectivity index is 1.58. The average Bonchev–Trinajstić information content (AvgIpc) is 3.29. The Morgan fingerprint density at radius 1 is 1.00 bits per heavy atom. The fraction of sp³-hybridized carbons (Fsp3) is 0.591. The Bertz CT molecular complexity index is 843. The predicted octanol–water partition coefficient (Wildman–Crippen LogP) is 3.96. The van der Waals surface area contributed by atoms with Crippen molar-refractivity contribution in [3.8, 4) is 11.5 Å². The van der Waals surface area contributed by atoms with Crippen LogP contribution in [0.5, 0.6) is 0 Å². The number of pyridine rings is 1. The summed E-state index contributed by atoms with van der Waals surface area (Å²) in [6.45, 7) is 6.27. The molecule has 1 saturated heterocycles. The molecule has 1 saturated carbocycles. The van der Waals surface area contributed by atoms with Crippen molar-refractivity contribution in [3.05, 3.63) is 35.7 Å². The highest BCUT2D eigenvalue weighted by Crippen LogP contribution is 2.43. The summed E-state index contributed by atoms with van der Waals surface area (Å²) in [7, 11) is 0.